The molecular formula is C13H14ClN3O2S. The van der Waals surface area contributed by atoms with Crippen molar-refractivity contribution in [2.45, 2.75) is 11.8 Å². The van der Waals surface area contributed by atoms with Crippen molar-refractivity contribution in [1.82, 2.24) is 0 Å². The van der Waals surface area contributed by atoms with Gasteiger partial charge in [0.15, 0.2) is 0 Å². The van der Waals surface area contributed by atoms with E-state index in [4.69, 9.17) is 22.5 Å². The van der Waals surface area contributed by atoms with Gasteiger partial charge in [-0.2, -0.15) is 0 Å². The van der Waals surface area contributed by atoms with E-state index >= 15 is 0 Å². The largest absolute Gasteiger partial charge is 0.399 e. The number of anilines is 3. The molecule has 5 nitrogen and oxygen atoms in total. The lowest BCUT2D eigenvalue weighted by atomic mass is 10.2. The van der Waals surface area contributed by atoms with Gasteiger partial charge in [0.25, 0.3) is 0 Å². The van der Waals surface area contributed by atoms with Crippen LogP contribution in [0.3, 0.4) is 0 Å². The second kappa shape index (κ2) is 5.32. The van der Waals surface area contributed by atoms with E-state index in [-0.39, 0.29) is 4.90 Å². The quantitative estimate of drug-likeness (QED) is 0.759. The summed E-state index contributed by atoms with van der Waals surface area (Å²) < 4.78 is 23.2. The molecule has 2 aromatic carbocycles. The topological polar surface area (TPSA) is 98.2 Å². The standard InChI is InChI=1S/C13H14ClN3O2S/c1-8-2-4-11(10(14)6-8)17-12-5-3-9(15)7-13(12)20(16,18)19/h2-7,17H,15H2,1H3,(H2,16,18,19). The van der Waals surface area contributed by atoms with Gasteiger partial charge < -0.3 is 11.1 Å². The third-order valence-electron chi connectivity index (χ3n) is 2.71. The number of hydrogen-bond acceptors (Lipinski definition) is 4. The number of nitrogens with one attached hydrogen (secondary N) is 1. The van der Waals surface area contributed by atoms with Gasteiger partial charge in [0.05, 0.1) is 16.4 Å². The fourth-order valence-corrected chi connectivity index (χ4v) is 2.75. The summed E-state index contributed by atoms with van der Waals surface area (Å²) in [5.74, 6) is 0. The highest BCUT2D eigenvalue weighted by molar-refractivity contribution is 7.89. The van der Waals surface area contributed by atoms with Gasteiger partial charge >= 0.3 is 0 Å². The first-order valence-corrected chi connectivity index (χ1v) is 7.65. The van der Waals surface area contributed by atoms with Gasteiger partial charge in [0, 0.05) is 5.69 Å². The predicted molar refractivity (Wildman–Crippen MR) is 81.7 cm³/mol. The molecule has 20 heavy (non-hydrogen) atoms. The average Bonchev–Trinajstić information content (AvgIpc) is 2.33. The van der Waals surface area contributed by atoms with Crippen molar-refractivity contribution in [3.05, 3.63) is 47.0 Å². The van der Waals surface area contributed by atoms with Gasteiger partial charge in [-0.25, -0.2) is 13.6 Å². The Hall–Kier alpha value is -1.76. The van der Waals surface area contributed by atoms with Crippen LogP contribution in [0.15, 0.2) is 41.3 Å². The molecule has 0 atom stereocenters. The number of halogens is 1. The minimum Gasteiger partial charge on any atom is -0.399 e. The van der Waals surface area contributed by atoms with Gasteiger partial charge in [0.1, 0.15) is 4.90 Å². The molecule has 2 aromatic rings. The fraction of sp³-hybridized carbons (Fsp3) is 0.0769. The molecule has 0 saturated heterocycles. The van der Waals surface area contributed by atoms with Crippen molar-refractivity contribution in [2.75, 3.05) is 11.1 Å². The number of nitrogens with two attached hydrogens (primary N) is 2. The van der Waals surface area contributed by atoms with E-state index in [1.807, 2.05) is 13.0 Å². The summed E-state index contributed by atoms with van der Waals surface area (Å²) in [5.41, 5.74) is 7.83. The summed E-state index contributed by atoms with van der Waals surface area (Å²) in [4.78, 5) is -0.0749. The molecule has 2 rings (SSSR count). The molecule has 0 radical (unpaired) electrons. The van der Waals surface area contributed by atoms with E-state index in [2.05, 4.69) is 5.32 Å². The van der Waals surface area contributed by atoms with Crippen molar-refractivity contribution >= 4 is 38.7 Å². The summed E-state index contributed by atoms with van der Waals surface area (Å²) >= 11 is 6.11. The highest BCUT2D eigenvalue weighted by atomic mass is 35.5. The number of benzene rings is 2. The lowest BCUT2D eigenvalue weighted by Crippen LogP contribution is -2.14. The lowest BCUT2D eigenvalue weighted by Gasteiger charge is -2.13. The van der Waals surface area contributed by atoms with Crippen LogP contribution in [-0.4, -0.2) is 8.42 Å². The Morgan fingerprint density at radius 2 is 1.75 bits per heavy atom. The first-order chi connectivity index (χ1) is 9.27. The monoisotopic (exact) mass is 311 g/mol. The summed E-state index contributed by atoms with van der Waals surface area (Å²) in [6.45, 7) is 1.91. The molecule has 0 aliphatic heterocycles. The molecule has 0 spiro atoms. The van der Waals surface area contributed by atoms with E-state index < -0.39 is 10.0 Å². The van der Waals surface area contributed by atoms with Crippen LogP contribution >= 0.6 is 11.6 Å². The number of primary sulfonamides is 1. The maximum atomic E-state index is 11.6. The maximum Gasteiger partial charge on any atom is 0.240 e. The van der Waals surface area contributed by atoms with Gasteiger partial charge in [-0.3, -0.25) is 0 Å². The minimum atomic E-state index is -3.88. The van der Waals surface area contributed by atoms with E-state index in [0.29, 0.717) is 22.1 Å². The minimum absolute atomic E-state index is 0.0749. The molecular weight excluding hydrogens is 298 g/mol. The van der Waals surface area contributed by atoms with Crippen molar-refractivity contribution in [3.63, 3.8) is 0 Å². The van der Waals surface area contributed by atoms with Crippen molar-refractivity contribution in [2.24, 2.45) is 5.14 Å². The number of hydrogen-bond donors (Lipinski definition) is 3. The summed E-state index contributed by atoms with van der Waals surface area (Å²) in [7, 11) is -3.88. The second-order valence-electron chi connectivity index (χ2n) is 4.41. The molecule has 0 heterocycles. The second-order valence-corrected chi connectivity index (χ2v) is 6.35. The Bertz CT molecular complexity index is 760. The van der Waals surface area contributed by atoms with Crippen molar-refractivity contribution in [1.29, 1.82) is 0 Å². The molecule has 0 amide bonds. The third-order valence-corrected chi connectivity index (χ3v) is 3.97. The van der Waals surface area contributed by atoms with Crippen LogP contribution in [0.1, 0.15) is 5.56 Å². The molecule has 0 bridgehead atoms. The van der Waals surface area contributed by atoms with Crippen LogP contribution in [0.2, 0.25) is 5.02 Å². The van der Waals surface area contributed by atoms with Crippen LogP contribution < -0.4 is 16.2 Å². The number of nitrogen functional groups attached to an aromatic ring is 1. The van der Waals surface area contributed by atoms with Crippen LogP contribution in [0.4, 0.5) is 17.1 Å². The molecule has 0 aliphatic carbocycles. The first-order valence-electron chi connectivity index (χ1n) is 5.73. The Morgan fingerprint density at radius 1 is 1.10 bits per heavy atom. The molecule has 7 heteroatoms. The average molecular weight is 312 g/mol. The van der Waals surface area contributed by atoms with E-state index in [1.165, 1.54) is 6.07 Å². The van der Waals surface area contributed by atoms with E-state index in [9.17, 15) is 8.42 Å². The fourth-order valence-electron chi connectivity index (χ4n) is 1.74. The Balaban J connectivity index is 2.49. The van der Waals surface area contributed by atoms with Gasteiger partial charge in [0.2, 0.25) is 10.0 Å². The zero-order valence-corrected chi connectivity index (χ0v) is 12.3. The van der Waals surface area contributed by atoms with Crippen LogP contribution in [0.5, 0.6) is 0 Å². The van der Waals surface area contributed by atoms with Crippen molar-refractivity contribution in [3.8, 4) is 0 Å². The van der Waals surface area contributed by atoms with E-state index in [1.54, 1.807) is 24.3 Å². The Kier molecular flexibility index (Phi) is 3.89. The third kappa shape index (κ3) is 3.22. The predicted octanol–water partition coefficient (Wildman–Crippen LogP) is 2.62. The van der Waals surface area contributed by atoms with Crippen molar-refractivity contribution < 1.29 is 8.42 Å². The summed E-state index contributed by atoms with van der Waals surface area (Å²) in [6.07, 6.45) is 0. The molecule has 0 fully saturated rings. The summed E-state index contributed by atoms with van der Waals surface area (Å²) in [6, 6.07) is 9.84. The SMILES string of the molecule is Cc1ccc(Nc2ccc(N)cc2S(N)(=O)=O)c(Cl)c1. The lowest BCUT2D eigenvalue weighted by molar-refractivity contribution is 0.598. The van der Waals surface area contributed by atoms with Crippen LogP contribution in [0.25, 0.3) is 0 Å². The highest BCUT2D eigenvalue weighted by Gasteiger charge is 2.15. The Labute approximate surface area is 122 Å². The first kappa shape index (κ1) is 14.6. The van der Waals surface area contributed by atoms with Gasteiger partial charge in [-0.15, -0.1) is 0 Å². The molecule has 0 aromatic heterocycles. The normalized spacial score (nSPS) is 11.3. The maximum absolute atomic E-state index is 11.6. The molecule has 5 N–H and O–H groups in total. The van der Waals surface area contributed by atoms with Crippen LogP contribution in [0, 0.1) is 6.92 Å². The number of aryl methyl sites for hydroxylation is 1. The molecule has 106 valence electrons. The zero-order valence-electron chi connectivity index (χ0n) is 10.7. The zero-order chi connectivity index (χ0) is 14.9. The number of rotatable bonds is 3. The smallest absolute Gasteiger partial charge is 0.240 e. The molecule has 0 unspecified atom stereocenters. The van der Waals surface area contributed by atoms with Gasteiger partial charge in [-0.1, -0.05) is 17.7 Å². The number of sulfonamides is 1. The summed E-state index contributed by atoms with van der Waals surface area (Å²) in [5, 5.41) is 8.63. The van der Waals surface area contributed by atoms with Gasteiger partial charge in [-0.05, 0) is 42.8 Å². The Morgan fingerprint density at radius 3 is 2.35 bits per heavy atom. The molecule has 0 saturated carbocycles. The van der Waals surface area contributed by atoms with E-state index in [0.717, 1.165) is 5.56 Å². The van der Waals surface area contributed by atoms with Crippen LogP contribution in [-0.2, 0) is 10.0 Å². The highest BCUT2D eigenvalue weighted by Crippen LogP contribution is 2.30. The molecule has 0 aliphatic rings.